The Hall–Kier alpha value is -3.62. The molecule has 0 N–H and O–H groups in total. The van der Waals surface area contributed by atoms with Crippen LogP contribution in [0.5, 0.6) is 0 Å². The lowest BCUT2D eigenvalue weighted by Gasteiger charge is -2.16. The van der Waals surface area contributed by atoms with Gasteiger partial charge in [0.1, 0.15) is 13.2 Å². The maximum absolute atomic E-state index is 13.3. The summed E-state index contributed by atoms with van der Waals surface area (Å²) in [4.78, 5) is 14.6. The van der Waals surface area contributed by atoms with Gasteiger partial charge in [0.05, 0.1) is 11.8 Å². The van der Waals surface area contributed by atoms with E-state index in [1.807, 2.05) is 19.2 Å². The van der Waals surface area contributed by atoms with Gasteiger partial charge in [-0.15, -0.1) is 0 Å². The zero-order chi connectivity index (χ0) is 22.4. The van der Waals surface area contributed by atoms with Crippen molar-refractivity contribution in [3.63, 3.8) is 0 Å². The molecule has 0 saturated carbocycles. The molecule has 0 aliphatic carbocycles. The predicted octanol–water partition coefficient (Wildman–Crippen LogP) is 4.95. The predicted molar refractivity (Wildman–Crippen MR) is 111 cm³/mol. The molecule has 0 aliphatic rings. The number of alkyl halides is 3. The Balaban J connectivity index is 1.87. The topological polar surface area (TPSA) is 61.0 Å². The van der Waals surface area contributed by atoms with Crippen molar-refractivity contribution in [3.8, 4) is 0 Å². The lowest BCUT2D eigenvalue weighted by atomic mass is 10.0. The van der Waals surface area contributed by atoms with Crippen LogP contribution in [0, 0.1) is 0 Å². The van der Waals surface area contributed by atoms with Crippen molar-refractivity contribution in [2.24, 2.45) is 17.4 Å². The van der Waals surface area contributed by atoms with Gasteiger partial charge in [-0.25, -0.2) is 4.98 Å². The summed E-state index contributed by atoms with van der Waals surface area (Å²) < 4.78 is 41.5. The van der Waals surface area contributed by atoms with Gasteiger partial charge in [0, 0.05) is 36.1 Å². The van der Waals surface area contributed by atoms with Crippen molar-refractivity contribution < 1.29 is 22.8 Å². The SMILES string of the molecule is CO/N=C(\c1ccccc1/C=N/OC(C)c1ccccc1C(F)(F)F)c1nccn1C. The second kappa shape index (κ2) is 9.46. The Bertz CT molecular complexity index is 1090. The Kier molecular flexibility index (Phi) is 6.74. The fourth-order valence-electron chi connectivity index (χ4n) is 3.07. The average Bonchev–Trinajstić information content (AvgIpc) is 3.17. The van der Waals surface area contributed by atoms with Crippen LogP contribution in [0.2, 0.25) is 0 Å². The molecular weight excluding hydrogens is 409 g/mol. The second-order valence-electron chi connectivity index (χ2n) is 6.64. The van der Waals surface area contributed by atoms with E-state index in [4.69, 9.17) is 9.68 Å². The van der Waals surface area contributed by atoms with Crippen molar-refractivity contribution in [3.05, 3.63) is 89.0 Å². The number of aryl methyl sites for hydroxylation is 1. The molecule has 9 heteroatoms. The minimum absolute atomic E-state index is 0.00933. The summed E-state index contributed by atoms with van der Waals surface area (Å²) in [5, 5.41) is 8.03. The molecule has 0 fully saturated rings. The third kappa shape index (κ3) is 5.11. The molecule has 0 aliphatic heterocycles. The third-order valence-corrected chi connectivity index (χ3v) is 4.55. The molecule has 6 nitrogen and oxygen atoms in total. The van der Waals surface area contributed by atoms with Crippen LogP contribution in [-0.4, -0.2) is 28.6 Å². The highest BCUT2D eigenvalue weighted by molar-refractivity contribution is 6.14. The van der Waals surface area contributed by atoms with Gasteiger partial charge in [-0.05, 0) is 13.0 Å². The summed E-state index contributed by atoms with van der Waals surface area (Å²) in [6.07, 6.45) is -0.531. The number of halogens is 3. The fraction of sp³-hybridized carbons (Fsp3) is 0.227. The maximum atomic E-state index is 13.3. The molecule has 2 aromatic carbocycles. The van der Waals surface area contributed by atoms with E-state index in [2.05, 4.69) is 15.3 Å². The number of benzene rings is 2. The van der Waals surface area contributed by atoms with E-state index in [0.29, 0.717) is 22.7 Å². The van der Waals surface area contributed by atoms with E-state index in [1.165, 1.54) is 38.4 Å². The molecule has 31 heavy (non-hydrogen) atoms. The summed E-state index contributed by atoms with van der Waals surface area (Å²) in [5.74, 6) is 0.580. The number of oxime groups is 2. The van der Waals surface area contributed by atoms with Gasteiger partial charge in [-0.2, -0.15) is 13.2 Å². The normalized spacial score (nSPS) is 13.4. The highest BCUT2D eigenvalue weighted by atomic mass is 19.4. The second-order valence-corrected chi connectivity index (χ2v) is 6.64. The Morgan fingerprint density at radius 2 is 1.84 bits per heavy atom. The quantitative estimate of drug-likeness (QED) is 0.394. The van der Waals surface area contributed by atoms with E-state index < -0.39 is 17.8 Å². The smallest absolute Gasteiger partial charge is 0.399 e. The molecule has 1 atom stereocenters. The Morgan fingerprint density at radius 3 is 2.52 bits per heavy atom. The average molecular weight is 430 g/mol. The Morgan fingerprint density at radius 1 is 1.13 bits per heavy atom. The standard InChI is InChI=1S/C22H21F3N4O2/c1-15(17-9-6-7-11-19(17)22(23,24)25)31-27-14-16-8-4-5-10-18(16)20(28-30-3)21-26-12-13-29(21)2/h4-15H,1-3H3/b27-14+,28-20+. The summed E-state index contributed by atoms with van der Waals surface area (Å²) in [6, 6.07) is 12.5. The molecule has 1 heterocycles. The van der Waals surface area contributed by atoms with Crippen LogP contribution in [0.1, 0.15) is 41.1 Å². The van der Waals surface area contributed by atoms with E-state index in [0.717, 1.165) is 6.07 Å². The van der Waals surface area contributed by atoms with Gasteiger partial charge in [-0.1, -0.05) is 52.8 Å². The monoisotopic (exact) mass is 430 g/mol. The Labute approximate surface area is 177 Å². The summed E-state index contributed by atoms with van der Waals surface area (Å²) in [6.45, 7) is 1.51. The largest absolute Gasteiger partial charge is 0.416 e. The van der Waals surface area contributed by atoms with Crippen molar-refractivity contribution in [1.82, 2.24) is 9.55 Å². The molecule has 3 rings (SSSR count). The van der Waals surface area contributed by atoms with Crippen LogP contribution < -0.4 is 0 Å². The minimum atomic E-state index is -4.47. The number of nitrogens with zero attached hydrogens (tertiary/aromatic N) is 4. The molecule has 0 bridgehead atoms. The lowest BCUT2D eigenvalue weighted by Crippen LogP contribution is -2.13. The highest BCUT2D eigenvalue weighted by Crippen LogP contribution is 2.35. The van der Waals surface area contributed by atoms with Crippen molar-refractivity contribution in [2.45, 2.75) is 19.2 Å². The van der Waals surface area contributed by atoms with E-state index in [1.54, 1.807) is 29.1 Å². The molecule has 3 aromatic rings. The summed E-state index contributed by atoms with van der Waals surface area (Å²) in [5.41, 5.74) is 1.05. The van der Waals surface area contributed by atoms with Gasteiger partial charge in [0.25, 0.3) is 0 Å². The highest BCUT2D eigenvalue weighted by Gasteiger charge is 2.34. The van der Waals surface area contributed by atoms with Crippen LogP contribution in [0.4, 0.5) is 13.2 Å². The first-order valence-corrected chi connectivity index (χ1v) is 9.36. The zero-order valence-corrected chi connectivity index (χ0v) is 17.2. The van der Waals surface area contributed by atoms with Gasteiger partial charge in [0.2, 0.25) is 0 Å². The first-order valence-electron chi connectivity index (χ1n) is 9.36. The van der Waals surface area contributed by atoms with E-state index in [-0.39, 0.29) is 5.56 Å². The minimum Gasteiger partial charge on any atom is -0.399 e. The van der Waals surface area contributed by atoms with Crippen molar-refractivity contribution in [1.29, 1.82) is 0 Å². The molecule has 1 aromatic heterocycles. The molecule has 0 saturated heterocycles. The first-order chi connectivity index (χ1) is 14.8. The van der Waals surface area contributed by atoms with Gasteiger partial charge in [0.15, 0.2) is 11.5 Å². The number of aromatic nitrogens is 2. The van der Waals surface area contributed by atoms with Gasteiger partial charge in [-0.3, -0.25) is 0 Å². The van der Waals surface area contributed by atoms with Gasteiger partial charge < -0.3 is 14.2 Å². The zero-order valence-electron chi connectivity index (χ0n) is 17.2. The van der Waals surface area contributed by atoms with E-state index >= 15 is 0 Å². The van der Waals surface area contributed by atoms with Gasteiger partial charge >= 0.3 is 6.18 Å². The molecule has 162 valence electrons. The number of rotatable bonds is 7. The maximum Gasteiger partial charge on any atom is 0.416 e. The molecule has 1 unspecified atom stereocenters. The van der Waals surface area contributed by atoms with Crippen LogP contribution in [-0.2, 0) is 22.9 Å². The molecule has 0 radical (unpaired) electrons. The summed E-state index contributed by atoms with van der Waals surface area (Å²) in [7, 11) is 3.26. The fourth-order valence-corrected chi connectivity index (χ4v) is 3.07. The first kappa shape index (κ1) is 22.1. The van der Waals surface area contributed by atoms with E-state index in [9.17, 15) is 13.2 Å². The number of hydrogen-bond donors (Lipinski definition) is 0. The molecule has 0 amide bonds. The van der Waals surface area contributed by atoms with Crippen molar-refractivity contribution in [2.75, 3.05) is 7.11 Å². The molecule has 0 spiro atoms. The van der Waals surface area contributed by atoms with Crippen LogP contribution in [0.15, 0.2) is 71.2 Å². The third-order valence-electron chi connectivity index (χ3n) is 4.55. The van der Waals surface area contributed by atoms with Crippen LogP contribution in [0.3, 0.4) is 0 Å². The summed E-state index contributed by atoms with van der Waals surface area (Å²) >= 11 is 0. The lowest BCUT2D eigenvalue weighted by molar-refractivity contribution is -0.139. The molecular formula is C22H21F3N4O2. The van der Waals surface area contributed by atoms with Crippen LogP contribution in [0.25, 0.3) is 0 Å². The van der Waals surface area contributed by atoms with Crippen molar-refractivity contribution >= 4 is 11.9 Å². The van der Waals surface area contributed by atoms with Crippen LogP contribution >= 0.6 is 0 Å². The number of hydrogen-bond acceptors (Lipinski definition) is 5. The number of imidazole rings is 1.